The fourth-order valence-corrected chi connectivity index (χ4v) is 3.89. The number of nitrogens with two attached hydrogens (primary N) is 2. The number of amides is 1. The number of carbonyl (C=O) groups is 1. The Kier molecular flexibility index (Phi) is 4.90. The van der Waals surface area contributed by atoms with Crippen LogP contribution in [0.2, 0.25) is 0 Å². The molecule has 1 atom stereocenters. The van der Waals surface area contributed by atoms with Crippen molar-refractivity contribution in [2.75, 3.05) is 5.73 Å². The number of rotatable bonds is 4. The Bertz CT molecular complexity index is 914. The van der Waals surface area contributed by atoms with Gasteiger partial charge in [0.25, 0.3) is 0 Å². The zero-order valence-corrected chi connectivity index (χ0v) is 16.1. The molecule has 0 radical (unpaired) electrons. The van der Waals surface area contributed by atoms with E-state index in [1.165, 1.54) is 6.33 Å². The van der Waals surface area contributed by atoms with Gasteiger partial charge in [0, 0.05) is 19.8 Å². The molecule has 0 aliphatic heterocycles. The van der Waals surface area contributed by atoms with Crippen LogP contribution < -0.4 is 11.5 Å². The van der Waals surface area contributed by atoms with Gasteiger partial charge in [-0.25, -0.2) is 14.8 Å². The molecule has 7 nitrogen and oxygen atoms in total. The molecule has 0 saturated carbocycles. The van der Waals surface area contributed by atoms with Crippen LogP contribution in [-0.2, 0) is 11.3 Å². The van der Waals surface area contributed by atoms with E-state index in [1.807, 2.05) is 35.0 Å². The Morgan fingerprint density at radius 2 is 2.12 bits per heavy atom. The van der Waals surface area contributed by atoms with Gasteiger partial charge in [0.1, 0.15) is 23.9 Å². The van der Waals surface area contributed by atoms with Gasteiger partial charge in [0.2, 0.25) is 0 Å². The van der Waals surface area contributed by atoms with E-state index in [0.717, 1.165) is 19.0 Å². The van der Waals surface area contributed by atoms with Crippen LogP contribution in [0.5, 0.6) is 0 Å². The monoisotopic (exact) mass is 501 g/mol. The van der Waals surface area contributed by atoms with Crippen LogP contribution in [0.15, 0.2) is 41.3 Å². The number of nitrogen functional groups attached to an aromatic ring is 1. The summed E-state index contributed by atoms with van der Waals surface area (Å²) in [5.74, 6) is 0.413. The summed E-state index contributed by atoms with van der Waals surface area (Å²) in [6.07, 6.45) is 1.90. The standard InChI is InChI=1S/C15H13BrIN5O2/c16-9-4-2-1-3-8(9)11(24-15(19)23)6-22-5-10(17)12-13(18)20-7-21-14(12)22/h1-5,7,11H,6H2,(H2,19,23)(H2,18,20,21). The molecule has 1 aromatic carbocycles. The number of ether oxygens (including phenoxy) is 1. The second-order valence-electron chi connectivity index (χ2n) is 5.03. The molecule has 0 saturated heterocycles. The summed E-state index contributed by atoms with van der Waals surface area (Å²) >= 11 is 5.65. The molecular weight excluding hydrogens is 489 g/mol. The average molecular weight is 502 g/mol. The van der Waals surface area contributed by atoms with Gasteiger partial charge in [-0.2, -0.15) is 0 Å². The molecule has 3 aromatic rings. The maximum absolute atomic E-state index is 11.3. The Morgan fingerprint density at radius 3 is 2.83 bits per heavy atom. The number of aromatic nitrogens is 3. The van der Waals surface area contributed by atoms with Gasteiger partial charge in [-0.3, -0.25) is 0 Å². The molecule has 3 rings (SSSR count). The van der Waals surface area contributed by atoms with Crippen LogP contribution in [-0.4, -0.2) is 20.6 Å². The van der Waals surface area contributed by atoms with Crippen molar-refractivity contribution in [2.45, 2.75) is 12.6 Å². The van der Waals surface area contributed by atoms with Gasteiger partial charge in [0.15, 0.2) is 0 Å². The predicted molar refractivity (Wildman–Crippen MR) is 102 cm³/mol. The Balaban J connectivity index is 2.04. The number of nitrogens with zero attached hydrogens (tertiary/aromatic N) is 3. The van der Waals surface area contributed by atoms with E-state index in [-0.39, 0.29) is 0 Å². The molecule has 0 aliphatic rings. The molecule has 0 fully saturated rings. The topological polar surface area (TPSA) is 109 Å². The number of hydrogen-bond acceptors (Lipinski definition) is 5. The van der Waals surface area contributed by atoms with Gasteiger partial charge in [-0.1, -0.05) is 34.1 Å². The maximum atomic E-state index is 11.3. The van der Waals surface area contributed by atoms with E-state index >= 15 is 0 Å². The Labute approximate surface area is 159 Å². The van der Waals surface area contributed by atoms with Crippen LogP contribution in [0, 0.1) is 3.57 Å². The number of fused-ring (bicyclic) bond motifs is 1. The van der Waals surface area contributed by atoms with E-state index in [1.54, 1.807) is 0 Å². The molecule has 9 heteroatoms. The summed E-state index contributed by atoms with van der Waals surface area (Å²) < 4.78 is 8.95. The zero-order valence-electron chi connectivity index (χ0n) is 12.3. The number of hydrogen-bond donors (Lipinski definition) is 2. The quantitative estimate of drug-likeness (QED) is 0.533. The smallest absolute Gasteiger partial charge is 0.405 e. The third-order valence-electron chi connectivity index (χ3n) is 3.51. The van der Waals surface area contributed by atoms with Crippen LogP contribution in [0.3, 0.4) is 0 Å². The van der Waals surface area contributed by atoms with Gasteiger partial charge in [0.05, 0.1) is 11.9 Å². The molecule has 4 N–H and O–H groups in total. The van der Waals surface area contributed by atoms with Crippen LogP contribution in [0.4, 0.5) is 10.6 Å². The minimum Gasteiger partial charge on any atom is -0.440 e. The summed E-state index contributed by atoms with van der Waals surface area (Å²) in [7, 11) is 0. The molecular formula is C15H13BrIN5O2. The first-order valence-corrected chi connectivity index (χ1v) is 8.80. The first-order valence-electron chi connectivity index (χ1n) is 6.92. The number of halogens is 2. The molecule has 124 valence electrons. The number of primary amides is 1. The van der Waals surface area contributed by atoms with E-state index < -0.39 is 12.2 Å². The highest BCUT2D eigenvalue weighted by Crippen LogP contribution is 2.31. The lowest BCUT2D eigenvalue weighted by Crippen LogP contribution is -2.21. The van der Waals surface area contributed by atoms with E-state index in [2.05, 4.69) is 48.5 Å². The second kappa shape index (κ2) is 6.93. The summed E-state index contributed by atoms with van der Waals surface area (Å²) in [4.78, 5) is 19.6. The fourth-order valence-electron chi connectivity index (χ4n) is 2.49. The molecule has 1 unspecified atom stereocenters. The largest absolute Gasteiger partial charge is 0.440 e. The predicted octanol–water partition coefficient (Wildman–Crippen LogP) is 3.22. The highest BCUT2D eigenvalue weighted by molar-refractivity contribution is 14.1. The van der Waals surface area contributed by atoms with E-state index in [0.29, 0.717) is 18.0 Å². The molecule has 2 heterocycles. The SMILES string of the molecule is NC(=O)OC(Cn1cc(I)c2c(N)ncnc21)c1ccccc1Br. The number of anilines is 1. The van der Waals surface area contributed by atoms with Crippen LogP contribution in [0.25, 0.3) is 11.0 Å². The Hall–Kier alpha value is -1.88. The minimum absolute atomic E-state index is 0.349. The Morgan fingerprint density at radius 1 is 1.38 bits per heavy atom. The first kappa shape index (κ1) is 17.0. The lowest BCUT2D eigenvalue weighted by atomic mass is 10.1. The van der Waals surface area contributed by atoms with Crippen LogP contribution >= 0.6 is 38.5 Å². The highest BCUT2D eigenvalue weighted by Gasteiger charge is 2.21. The molecule has 0 bridgehead atoms. The second-order valence-corrected chi connectivity index (χ2v) is 7.05. The van der Waals surface area contributed by atoms with Gasteiger partial charge in [-0.15, -0.1) is 0 Å². The molecule has 24 heavy (non-hydrogen) atoms. The van der Waals surface area contributed by atoms with Crippen molar-refractivity contribution in [1.82, 2.24) is 14.5 Å². The minimum atomic E-state index is -0.837. The average Bonchev–Trinajstić information content (AvgIpc) is 2.84. The molecule has 1 amide bonds. The van der Waals surface area contributed by atoms with Gasteiger partial charge >= 0.3 is 6.09 Å². The zero-order chi connectivity index (χ0) is 17.3. The van der Waals surface area contributed by atoms with Crippen molar-refractivity contribution < 1.29 is 9.53 Å². The van der Waals surface area contributed by atoms with Crippen molar-refractivity contribution in [1.29, 1.82) is 0 Å². The normalized spacial score (nSPS) is 12.2. The third-order valence-corrected chi connectivity index (χ3v) is 5.05. The fraction of sp³-hybridized carbons (Fsp3) is 0.133. The van der Waals surface area contributed by atoms with Crippen molar-refractivity contribution in [2.24, 2.45) is 5.73 Å². The maximum Gasteiger partial charge on any atom is 0.405 e. The van der Waals surface area contributed by atoms with Gasteiger partial charge in [-0.05, 0) is 28.7 Å². The van der Waals surface area contributed by atoms with Gasteiger partial charge < -0.3 is 20.8 Å². The van der Waals surface area contributed by atoms with Crippen molar-refractivity contribution in [3.05, 3.63) is 50.4 Å². The molecule has 0 spiro atoms. The molecule has 2 aromatic heterocycles. The number of carbonyl (C=O) groups excluding carboxylic acids is 1. The molecule has 0 aliphatic carbocycles. The lowest BCUT2D eigenvalue weighted by Gasteiger charge is -2.19. The van der Waals surface area contributed by atoms with E-state index in [9.17, 15) is 4.79 Å². The summed E-state index contributed by atoms with van der Waals surface area (Å²) in [5.41, 5.74) is 12.7. The van der Waals surface area contributed by atoms with E-state index in [4.69, 9.17) is 16.2 Å². The van der Waals surface area contributed by atoms with Crippen molar-refractivity contribution in [3.63, 3.8) is 0 Å². The lowest BCUT2D eigenvalue weighted by molar-refractivity contribution is 0.0960. The van der Waals surface area contributed by atoms with Crippen LogP contribution in [0.1, 0.15) is 11.7 Å². The van der Waals surface area contributed by atoms with Crippen molar-refractivity contribution in [3.8, 4) is 0 Å². The summed E-state index contributed by atoms with van der Waals surface area (Å²) in [6.45, 7) is 0.349. The summed E-state index contributed by atoms with van der Waals surface area (Å²) in [6, 6.07) is 7.51. The summed E-state index contributed by atoms with van der Waals surface area (Å²) in [5, 5.41) is 0.781. The highest BCUT2D eigenvalue weighted by atomic mass is 127. The number of benzene rings is 1. The van der Waals surface area contributed by atoms with Crippen molar-refractivity contribution >= 4 is 61.5 Å². The third kappa shape index (κ3) is 3.31. The first-order chi connectivity index (χ1) is 11.5.